The summed E-state index contributed by atoms with van der Waals surface area (Å²) in [5.74, 6) is -0.256. The number of aromatic amines is 1. The van der Waals surface area contributed by atoms with Crippen molar-refractivity contribution in [1.82, 2.24) is 15.5 Å². The van der Waals surface area contributed by atoms with Gasteiger partial charge in [0, 0.05) is 12.1 Å². The molecule has 3 aromatic rings. The van der Waals surface area contributed by atoms with Gasteiger partial charge >= 0.3 is 0 Å². The highest BCUT2D eigenvalue weighted by Crippen LogP contribution is 2.25. The molecule has 25 heavy (non-hydrogen) atoms. The SMILES string of the molecule is Cc1[nH]ncc1C(=O)NCC(O)(Cc1ccccc1)c1ccccc1. The van der Waals surface area contributed by atoms with Gasteiger partial charge in [0.15, 0.2) is 0 Å². The first kappa shape index (κ1) is 16.9. The van der Waals surface area contributed by atoms with Crippen LogP contribution in [0.25, 0.3) is 0 Å². The number of nitrogens with one attached hydrogen (secondary N) is 2. The van der Waals surface area contributed by atoms with Crippen molar-refractivity contribution in [3.8, 4) is 0 Å². The molecule has 3 rings (SSSR count). The van der Waals surface area contributed by atoms with Crippen molar-refractivity contribution in [1.29, 1.82) is 0 Å². The molecule has 0 saturated carbocycles. The molecular formula is C20H21N3O2. The Kier molecular flexibility index (Phi) is 4.95. The summed E-state index contributed by atoms with van der Waals surface area (Å²) in [6.07, 6.45) is 1.89. The number of carbonyl (C=O) groups is 1. The van der Waals surface area contributed by atoms with E-state index in [0.717, 1.165) is 11.1 Å². The zero-order valence-electron chi connectivity index (χ0n) is 14.1. The van der Waals surface area contributed by atoms with E-state index in [4.69, 9.17) is 0 Å². The maximum Gasteiger partial charge on any atom is 0.254 e. The average Bonchev–Trinajstić information content (AvgIpc) is 3.07. The van der Waals surface area contributed by atoms with Crippen LogP contribution < -0.4 is 5.32 Å². The monoisotopic (exact) mass is 335 g/mol. The third-order valence-corrected chi connectivity index (χ3v) is 4.27. The van der Waals surface area contributed by atoms with Gasteiger partial charge in [-0.2, -0.15) is 5.10 Å². The maximum atomic E-state index is 12.4. The zero-order chi connectivity index (χ0) is 17.7. The first-order chi connectivity index (χ1) is 12.1. The second-order valence-corrected chi connectivity index (χ2v) is 6.15. The van der Waals surface area contributed by atoms with Crippen LogP contribution in [0.15, 0.2) is 66.9 Å². The van der Waals surface area contributed by atoms with E-state index in [1.807, 2.05) is 60.7 Å². The van der Waals surface area contributed by atoms with Gasteiger partial charge in [-0.3, -0.25) is 9.89 Å². The molecule has 0 spiro atoms. The minimum absolute atomic E-state index is 0.107. The third-order valence-electron chi connectivity index (χ3n) is 4.27. The van der Waals surface area contributed by atoms with Gasteiger partial charge in [0.1, 0.15) is 5.60 Å². The molecule has 1 amide bonds. The van der Waals surface area contributed by atoms with Gasteiger partial charge in [0.25, 0.3) is 5.91 Å². The number of rotatable bonds is 6. The number of aromatic nitrogens is 2. The molecule has 3 N–H and O–H groups in total. The van der Waals surface area contributed by atoms with E-state index in [-0.39, 0.29) is 12.5 Å². The number of nitrogens with zero attached hydrogens (tertiary/aromatic N) is 1. The molecule has 0 saturated heterocycles. The van der Waals surface area contributed by atoms with E-state index in [1.54, 1.807) is 6.92 Å². The van der Waals surface area contributed by atoms with Crippen LogP contribution in [0.3, 0.4) is 0 Å². The number of hydrogen-bond acceptors (Lipinski definition) is 3. The van der Waals surface area contributed by atoms with Crippen molar-refractivity contribution >= 4 is 5.91 Å². The summed E-state index contributed by atoms with van der Waals surface area (Å²) in [5, 5.41) is 20.8. The molecule has 1 aromatic heterocycles. The standard InChI is InChI=1S/C20H21N3O2/c1-15-18(13-22-23-15)19(24)21-14-20(25,17-10-6-3-7-11-17)12-16-8-4-2-5-9-16/h2-11,13,25H,12,14H2,1H3,(H,21,24)(H,22,23). The van der Waals surface area contributed by atoms with E-state index >= 15 is 0 Å². The molecule has 0 aliphatic rings. The number of benzene rings is 2. The van der Waals surface area contributed by atoms with E-state index in [1.165, 1.54) is 6.20 Å². The van der Waals surface area contributed by atoms with Gasteiger partial charge in [0.2, 0.25) is 0 Å². The van der Waals surface area contributed by atoms with Crippen molar-refractivity contribution in [2.45, 2.75) is 18.9 Å². The second kappa shape index (κ2) is 7.32. The quantitative estimate of drug-likeness (QED) is 0.648. The van der Waals surface area contributed by atoms with Crippen LogP contribution in [0.2, 0.25) is 0 Å². The fourth-order valence-corrected chi connectivity index (χ4v) is 2.85. The highest BCUT2D eigenvalue weighted by Gasteiger charge is 2.30. The van der Waals surface area contributed by atoms with Gasteiger partial charge in [-0.05, 0) is 18.1 Å². The normalized spacial score (nSPS) is 13.2. The van der Waals surface area contributed by atoms with E-state index in [0.29, 0.717) is 17.7 Å². The van der Waals surface area contributed by atoms with Crippen LogP contribution in [0.5, 0.6) is 0 Å². The van der Waals surface area contributed by atoms with Crippen molar-refractivity contribution in [3.05, 3.63) is 89.2 Å². The molecule has 128 valence electrons. The highest BCUT2D eigenvalue weighted by atomic mass is 16.3. The van der Waals surface area contributed by atoms with Crippen LogP contribution >= 0.6 is 0 Å². The lowest BCUT2D eigenvalue weighted by Crippen LogP contribution is -2.42. The van der Waals surface area contributed by atoms with Crippen LogP contribution in [0, 0.1) is 6.92 Å². The van der Waals surface area contributed by atoms with E-state index < -0.39 is 5.60 Å². The first-order valence-corrected chi connectivity index (χ1v) is 8.18. The number of aliphatic hydroxyl groups is 1. The minimum Gasteiger partial charge on any atom is -0.383 e. The topological polar surface area (TPSA) is 78.0 Å². The molecule has 1 atom stereocenters. The zero-order valence-corrected chi connectivity index (χ0v) is 14.1. The number of aryl methyl sites for hydroxylation is 1. The number of amides is 1. The van der Waals surface area contributed by atoms with Gasteiger partial charge in [-0.25, -0.2) is 0 Å². The van der Waals surface area contributed by atoms with Crippen LogP contribution in [-0.4, -0.2) is 27.8 Å². The fraction of sp³-hybridized carbons (Fsp3) is 0.200. The van der Waals surface area contributed by atoms with Crippen molar-refractivity contribution in [3.63, 3.8) is 0 Å². The van der Waals surface area contributed by atoms with Crippen molar-refractivity contribution in [2.75, 3.05) is 6.54 Å². The van der Waals surface area contributed by atoms with Gasteiger partial charge in [-0.1, -0.05) is 60.7 Å². The number of carbonyl (C=O) groups excluding carboxylic acids is 1. The molecule has 0 bridgehead atoms. The van der Waals surface area contributed by atoms with Gasteiger partial charge in [-0.15, -0.1) is 0 Å². The smallest absolute Gasteiger partial charge is 0.254 e. The molecule has 5 nitrogen and oxygen atoms in total. The van der Waals surface area contributed by atoms with Gasteiger partial charge < -0.3 is 10.4 Å². The lowest BCUT2D eigenvalue weighted by atomic mass is 9.87. The summed E-state index contributed by atoms with van der Waals surface area (Å²) in [6.45, 7) is 1.89. The van der Waals surface area contributed by atoms with Gasteiger partial charge in [0.05, 0.1) is 18.3 Å². The molecule has 0 aliphatic carbocycles. The second-order valence-electron chi connectivity index (χ2n) is 6.15. The Hall–Kier alpha value is -2.92. The van der Waals surface area contributed by atoms with Crippen molar-refractivity contribution < 1.29 is 9.90 Å². The molecule has 0 fully saturated rings. The first-order valence-electron chi connectivity index (χ1n) is 8.18. The number of hydrogen-bond donors (Lipinski definition) is 3. The van der Waals surface area contributed by atoms with Crippen LogP contribution in [0.1, 0.15) is 27.2 Å². The molecule has 0 aliphatic heterocycles. The average molecular weight is 335 g/mol. The van der Waals surface area contributed by atoms with Crippen molar-refractivity contribution in [2.24, 2.45) is 0 Å². The largest absolute Gasteiger partial charge is 0.383 e. The van der Waals surface area contributed by atoms with Crippen LogP contribution in [0.4, 0.5) is 0 Å². The lowest BCUT2D eigenvalue weighted by Gasteiger charge is -2.29. The Morgan fingerprint density at radius 1 is 1.12 bits per heavy atom. The summed E-state index contributed by atoms with van der Waals surface area (Å²) < 4.78 is 0. The fourth-order valence-electron chi connectivity index (χ4n) is 2.85. The molecule has 1 unspecified atom stereocenters. The maximum absolute atomic E-state index is 12.4. The predicted octanol–water partition coefficient (Wildman–Crippen LogP) is 2.58. The molecular weight excluding hydrogens is 314 g/mol. The summed E-state index contributed by atoms with van der Waals surface area (Å²) in [5.41, 5.74) is 1.75. The lowest BCUT2D eigenvalue weighted by molar-refractivity contribution is 0.0353. The Morgan fingerprint density at radius 2 is 1.76 bits per heavy atom. The predicted molar refractivity (Wildman–Crippen MR) is 96.1 cm³/mol. The summed E-state index contributed by atoms with van der Waals surface area (Å²) >= 11 is 0. The molecule has 1 heterocycles. The highest BCUT2D eigenvalue weighted by molar-refractivity contribution is 5.95. The molecule has 2 aromatic carbocycles. The van der Waals surface area contributed by atoms with E-state index in [2.05, 4.69) is 15.5 Å². The Morgan fingerprint density at radius 3 is 2.36 bits per heavy atom. The molecule has 5 heteroatoms. The Bertz CT molecular complexity index is 830. The number of H-pyrrole nitrogens is 1. The Balaban J connectivity index is 1.82. The summed E-state index contributed by atoms with van der Waals surface area (Å²) in [7, 11) is 0. The summed E-state index contributed by atoms with van der Waals surface area (Å²) in [4.78, 5) is 12.4. The third kappa shape index (κ3) is 3.95. The Labute approximate surface area is 146 Å². The summed E-state index contributed by atoms with van der Waals surface area (Å²) in [6, 6.07) is 19.2. The van der Waals surface area contributed by atoms with Crippen LogP contribution in [-0.2, 0) is 12.0 Å². The van der Waals surface area contributed by atoms with E-state index in [9.17, 15) is 9.90 Å². The molecule has 0 radical (unpaired) electrons. The minimum atomic E-state index is -1.20.